The fraction of sp³-hybridized carbons (Fsp3) is 0.500. The van der Waals surface area contributed by atoms with Crippen LogP contribution in [0, 0.1) is 6.92 Å². The van der Waals surface area contributed by atoms with Crippen molar-refractivity contribution < 1.29 is 31.8 Å². The van der Waals surface area contributed by atoms with E-state index in [4.69, 9.17) is 5.11 Å². The van der Waals surface area contributed by atoms with Crippen LogP contribution < -0.4 is 0 Å². The van der Waals surface area contributed by atoms with E-state index >= 15 is 0 Å². The van der Waals surface area contributed by atoms with E-state index in [2.05, 4.69) is 10.1 Å². The van der Waals surface area contributed by atoms with Crippen LogP contribution in [0.4, 0.5) is 13.2 Å². The number of hydrogen-bond acceptors (Lipinski definition) is 8. The molecular formula is C20H23F3N4O4S2. The Hall–Kier alpha value is -2.06. The fourth-order valence-electron chi connectivity index (χ4n) is 3.79. The van der Waals surface area contributed by atoms with Crippen LogP contribution >= 0.6 is 11.3 Å². The summed E-state index contributed by atoms with van der Waals surface area (Å²) in [5.41, 5.74) is -1.41. The summed E-state index contributed by atoms with van der Waals surface area (Å²) in [5.74, 6) is 0. The van der Waals surface area contributed by atoms with Crippen LogP contribution in [0.5, 0.6) is 0 Å². The number of imidazole rings is 1. The molecule has 0 saturated carbocycles. The molecule has 3 aromatic rings. The lowest BCUT2D eigenvalue weighted by Crippen LogP contribution is -2.55. The van der Waals surface area contributed by atoms with E-state index in [1.54, 1.807) is 25.7 Å². The van der Waals surface area contributed by atoms with E-state index in [1.165, 1.54) is 10.6 Å². The van der Waals surface area contributed by atoms with Crippen LogP contribution in [-0.4, -0.2) is 69.6 Å². The zero-order valence-electron chi connectivity index (χ0n) is 18.1. The minimum absolute atomic E-state index is 0.0569. The van der Waals surface area contributed by atoms with Gasteiger partial charge >= 0.3 is 6.18 Å². The number of halogens is 3. The van der Waals surface area contributed by atoms with Crippen molar-refractivity contribution in [2.45, 2.75) is 42.7 Å². The normalized spacial score (nSPS) is 16.5. The first-order valence-corrected chi connectivity index (χ1v) is 12.5. The summed E-state index contributed by atoms with van der Waals surface area (Å²) >= 11 is 1.14. The number of aryl methyl sites for hydroxylation is 1. The first-order chi connectivity index (χ1) is 15.2. The maximum Gasteiger partial charge on any atom is 0.417 e. The third-order valence-electron chi connectivity index (χ3n) is 5.55. The highest BCUT2D eigenvalue weighted by atomic mass is 32.2. The number of β-amino-alcohol motifs (C(OH)–C–C–N with tert-alkyl or cyclic N) is 1. The molecule has 13 heteroatoms. The van der Waals surface area contributed by atoms with Crippen molar-refractivity contribution in [2.24, 2.45) is 0 Å². The van der Waals surface area contributed by atoms with Gasteiger partial charge in [-0.05, 0) is 32.9 Å². The lowest BCUT2D eigenvalue weighted by Gasteiger charge is -2.38. The molecule has 1 aromatic carbocycles. The molecule has 180 valence electrons. The zero-order chi connectivity index (χ0) is 24.3. The number of aromatic nitrogens is 3. The lowest BCUT2D eigenvalue weighted by molar-refractivity contribution is -0.139. The van der Waals surface area contributed by atoms with Gasteiger partial charge in [-0.3, -0.25) is 4.90 Å². The smallest absolute Gasteiger partial charge is 0.395 e. The Morgan fingerprint density at radius 1 is 1.24 bits per heavy atom. The third kappa shape index (κ3) is 4.28. The molecule has 0 aliphatic carbocycles. The number of fused-ring (bicyclic) bond motifs is 1. The van der Waals surface area contributed by atoms with Crippen molar-refractivity contribution >= 4 is 26.1 Å². The number of hydrogen-bond donors (Lipinski definition) is 2. The molecular weight excluding hydrogens is 481 g/mol. The third-order valence-corrected chi connectivity index (χ3v) is 8.89. The predicted octanol–water partition coefficient (Wildman–Crippen LogP) is 2.46. The number of nitrogens with zero attached hydrogens (tertiary/aromatic N) is 4. The second-order valence-corrected chi connectivity index (χ2v) is 11.7. The average Bonchev–Trinajstić information content (AvgIpc) is 3.19. The predicted molar refractivity (Wildman–Crippen MR) is 116 cm³/mol. The molecule has 0 atom stereocenters. The van der Waals surface area contributed by atoms with Crippen molar-refractivity contribution in [3.63, 3.8) is 0 Å². The highest BCUT2D eigenvalue weighted by Gasteiger charge is 2.44. The molecule has 0 amide bonds. The largest absolute Gasteiger partial charge is 0.417 e. The summed E-state index contributed by atoms with van der Waals surface area (Å²) in [6.07, 6.45) is -4.86. The molecule has 1 aliphatic rings. The topological polar surface area (TPSA) is 108 Å². The van der Waals surface area contributed by atoms with E-state index in [9.17, 15) is 26.7 Å². The quantitative estimate of drug-likeness (QED) is 0.531. The summed E-state index contributed by atoms with van der Waals surface area (Å²) in [5, 5.41) is 23.0. The minimum atomic E-state index is -4.86. The maximum absolute atomic E-state index is 13.7. The highest BCUT2D eigenvalue weighted by Crippen LogP contribution is 2.40. The van der Waals surface area contributed by atoms with Gasteiger partial charge in [-0.2, -0.15) is 18.3 Å². The molecule has 0 radical (unpaired) electrons. The van der Waals surface area contributed by atoms with Gasteiger partial charge in [-0.15, -0.1) is 0 Å². The fourth-order valence-corrected chi connectivity index (χ4v) is 6.69. The summed E-state index contributed by atoms with van der Waals surface area (Å²) in [7, 11) is -4.30. The molecule has 1 fully saturated rings. The Labute approximate surface area is 192 Å². The van der Waals surface area contributed by atoms with E-state index in [0.29, 0.717) is 21.4 Å². The highest BCUT2D eigenvalue weighted by molar-refractivity contribution is 7.92. The Balaban J connectivity index is 1.84. The van der Waals surface area contributed by atoms with Crippen LogP contribution in [-0.2, 0) is 21.6 Å². The van der Waals surface area contributed by atoms with Crippen LogP contribution in [0.3, 0.4) is 0 Å². The van der Waals surface area contributed by atoms with Crippen LogP contribution in [0.15, 0.2) is 23.1 Å². The number of sulfone groups is 1. The first kappa shape index (κ1) is 24.1. The van der Waals surface area contributed by atoms with Gasteiger partial charge in [0, 0.05) is 25.2 Å². The number of aliphatic hydroxyl groups is 2. The standard InChI is InChI=1S/C20H23F3N4O4S2/c1-11-16(27-18(24-11)32-17(25-27)19(2,3)29)12-4-5-14(20(21,22)23)15(8-12)33(30,31)13-9-26(10-13)6-7-28/h4-5,8,13,28-29H,6-7,9-10H2,1-3H3. The van der Waals surface area contributed by atoms with E-state index in [-0.39, 0.29) is 31.8 Å². The van der Waals surface area contributed by atoms with Gasteiger partial charge in [0.1, 0.15) is 10.6 Å². The Kier molecular flexibility index (Phi) is 5.85. The second kappa shape index (κ2) is 8.01. The van der Waals surface area contributed by atoms with E-state index in [0.717, 1.165) is 23.5 Å². The SMILES string of the molecule is Cc1nc2sc(C(C)(C)O)nn2c1-c1ccc(C(F)(F)F)c(S(=O)(=O)C2CN(CCO)C2)c1. The lowest BCUT2D eigenvalue weighted by atomic mass is 10.1. The van der Waals surface area contributed by atoms with Gasteiger partial charge in [0.2, 0.25) is 4.96 Å². The van der Waals surface area contributed by atoms with Gasteiger partial charge < -0.3 is 10.2 Å². The van der Waals surface area contributed by atoms with Crippen molar-refractivity contribution in [2.75, 3.05) is 26.2 Å². The molecule has 8 nitrogen and oxygen atoms in total. The molecule has 33 heavy (non-hydrogen) atoms. The molecule has 0 unspecified atom stereocenters. The summed E-state index contributed by atoms with van der Waals surface area (Å²) in [6.45, 7) is 4.98. The summed E-state index contributed by atoms with van der Waals surface area (Å²) < 4.78 is 69.0. The number of aliphatic hydroxyl groups excluding tert-OH is 1. The molecule has 2 N–H and O–H groups in total. The van der Waals surface area contributed by atoms with Crippen LogP contribution in [0.2, 0.25) is 0 Å². The molecule has 2 aromatic heterocycles. The molecule has 4 rings (SSSR count). The van der Waals surface area contributed by atoms with Gasteiger partial charge in [-0.1, -0.05) is 17.4 Å². The second-order valence-electron chi connectivity index (χ2n) is 8.57. The minimum Gasteiger partial charge on any atom is -0.395 e. The van der Waals surface area contributed by atoms with Crippen molar-refractivity contribution in [3.05, 3.63) is 34.5 Å². The Bertz CT molecular complexity index is 1300. The van der Waals surface area contributed by atoms with Crippen molar-refractivity contribution in [1.82, 2.24) is 19.5 Å². The number of alkyl halides is 3. The summed E-state index contributed by atoms with van der Waals surface area (Å²) in [6, 6.07) is 3.02. The van der Waals surface area contributed by atoms with Gasteiger partial charge in [0.05, 0.1) is 33.7 Å². The zero-order valence-corrected chi connectivity index (χ0v) is 19.7. The molecule has 0 spiro atoms. The molecule has 1 saturated heterocycles. The Morgan fingerprint density at radius 3 is 2.48 bits per heavy atom. The molecule has 1 aliphatic heterocycles. The Morgan fingerprint density at radius 2 is 1.91 bits per heavy atom. The number of benzene rings is 1. The van der Waals surface area contributed by atoms with E-state index in [1.807, 2.05) is 0 Å². The number of rotatable bonds is 6. The number of likely N-dealkylation sites (tertiary alicyclic amines) is 1. The first-order valence-electron chi connectivity index (χ1n) is 10.1. The van der Waals surface area contributed by atoms with Crippen LogP contribution in [0.1, 0.15) is 30.1 Å². The van der Waals surface area contributed by atoms with Gasteiger partial charge in [-0.25, -0.2) is 17.9 Å². The van der Waals surface area contributed by atoms with Crippen molar-refractivity contribution in [3.8, 4) is 11.3 Å². The average molecular weight is 505 g/mol. The summed E-state index contributed by atoms with van der Waals surface area (Å²) in [4.78, 5) is 5.70. The molecule has 0 bridgehead atoms. The van der Waals surface area contributed by atoms with Crippen LogP contribution in [0.25, 0.3) is 16.2 Å². The molecule has 3 heterocycles. The van der Waals surface area contributed by atoms with Gasteiger partial charge in [0.25, 0.3) is 0 Å². The van der Waals surface area contributed by atoms with Gasteiger partial charge in [0.15, 0.2) is 9.84 Å². The van der Waals surface area contributed by atoms with E-state index < -0.39 is 37.3 Å². The maximum atomic E-state index is 13.7. The monoisotopic (exact) mass is 504 g/mol. The van der Waals surface area contributed by atoms with Crippen molar-refractivity contribution in [1.29, 1.82) is 0 Å².